The third-order valence-electron chi connectivity index (χ3n) is 5.90. The first-order valence-electron chi connectivity index (χ1n) is 12.5. The van der Waals surface area contributed by atoms with Crippen LogP contribution in [-0.4, -0.2) is 21.2 Å². The van der Waals surface area contributed by atoms with E-state index in [1.807, 2.05) is 56.3 Å². The van der Waals surface area contributed by atoms with Crippen molar-refractivity contribution < 1.29 is 14.3 Å². The number of nitrogens with zero attached hydrogens (tertiary/aromatic N) is 2. The number of carbonyl (C=O) groups excluding carboxylic acids is 2. The molecule has 0 atom stereocenters. The SMILES string of the molecule is CCCc1cc(=O)n2c(C(=O)Nc3ccc(C)cc3)c(C(=O)Nc3ccc(Oc4ccccc4)cc3)sc2n1. The molecule has 8 nitrogen and oxygen atoms in total. The van der Waals surface area contributed by atoms with E-state index in [2.05, 4.69) is 15.6 Å². The summed E-state index contributed by atoms with van der Waals surface area (Å²) in [6, 6.07) is 24.9. The van der Waals surface area contributed by atoms with E-state index in [1.54, 1.807) is 36.4 Å². The van der Waals surface area contributed by atoms with Crippen LogP contribution in [0.15, 0.2) is 89.7 Å². The number of anilines is 2. The first-order chi connectivity index (χ1) is 18.9. The highest BCUT2D eigenvalue weighted by atomic mass is 32.1. The Labute approximate surface area is 228 Å². The van der Waals surface area contributed by atoms with E-state index in [0.29, 0.717) is 35.0 Å². The highest BCUT2D eigenvalue weighted by Crippen LogP contribution is 2.26. The highest BCUT2D eigenvalue weighted by Gasteiger charge is 2.26. The van der Waals surface area contributed by atoms with Gasteiger partial charge in [-0.15, -0.1) is 0 Å². The van der Waals surface area contributed by atoms with Crippen LogP contribution in [-0.2, 0) is 6.42 Å². The predicted octanol–water partition coefficient (Wildman–Crippen LogP) is 6.31. The molecule has 0 radical (unpaired) electrons. The average Bonchev–Trinajstić information content (AvgIpc) is 3.32. The molecule has 0 unspecified atom stereocenters. The normalized spacial score (nSPS) is 10.8. The quantitative estimate of drug-likeness (QED) is 0.241. The number of fused-ring (bicyclic) bond motifs is 1. The fourth-order valence-corrected chi connectivity index (χ4v) is 5.05. The number of hydrogen-bond donors (Lipinski definition) is 2. The molecule has 0 aliphatic carbocycles. The molecule has 0 saturated heterocycles. The number of para-hydroxylation sites is 1. The van der Waals surface area contributed by atoms with Crippen LogP contribution in [0.4, 0.5) is 11.4 Å². The molecule has 2 N–H and O–H groups in total. The van der Waals surface area contributed by atoms with E-state index in [9.17, 15) is 14.4 Å². The van der Waals surface area contributed by atoms with Gasteiger partial charge in [0.25, 0.3) is 17.4 Å². The first-order valence-corrected chi connectivity index (χ1v) is 13.3. The fraction of sp³-hybridized carbons (Fsp3) is 0.133. The van der Waals surface area contributed by atoms with E-state index >= 15 is 0 Å². The van der Waals surface area contributed by atoms with Crippen molar-refractivity contribution in [3.05, 3.63) is 117 Å². The molecule has 196 valence electrons. The minimum atomic E-state index is -0.575. The van der Waals surface area contributed by atoms with Crippen molar-refractivity contribution >= 4 is 39.5 Å². The highest BCUT2D eigenvalue weighted by molar-refractivity contribution is 7.19. The summed E-state index contributed by atoms with van der Waals surface area (Å²) in [4.78, 5) is 44.9. The third kappa shape index (κ3) is 5.89. The summed E-state index contributed by atoms with van der Waals surface area (Å²) in [5.41, 5.74) is 2.25. The van der Waals surface area contributed by atoms with Crippen LogP contribution >= 0.6 is 11.3 Å². The Hall–Kier alpha value is -4.76. The third-order valence-corrected chi connectivity index (χ3v) is 6.94. The molecule has 9 heteroatoms. The smallest absolute Gasteiger partial charge is 0.274 e. The molecule has 0 aliphatic rings. The van der Waals surface area contributed by atoms with Gasteiger partial charge in [-0.2, -0.15) is 0 Å². The van der Waals surface area contributed by atoms with E-state index in [-0.39, 0.29) is 15.5 Å². The second-order valence-corrected chi connectivity index (χ2v) is 9.92. The zero-order valence-electron chi connectivity index (χ0n) is 21.4. The van der Waals surface area contributed by atoms with Crippen molar-refractivity contribution in [1.29, 1.82) is 0 Å². The minimum absolute atomic E-state index is 0.0577. The van der Waals surface area contributed by atoms with Gasteiger partial charge in [-0.1, -0.05) is 60.6 Å². The Kier molecular flexibility index (Phi) is 7.51. The van der Waals surface area contributed by atoms with Gasteiger partial charge in [0.05, 0.1) is 0 Å². The monoisotopic (exact) mass is 538 g/mol. The summed E-state index contributed by atoms with van der Waals surface area (Å²) in [5, 5.41) is 5.63. The van der Waals surface area contributed by atoms with E-state index in [4.69, 9.17) is 4.74 Å². The number of rotatable bonds is 8. The molecule has 0 saturated carbocycles. The van der Waals surface area contributed by atoms with Crippen molar-refractivity contribution in [2.75, 3.05) is 10.6 Å². The number of aromatic nitrogens is 2. The lowest BCUT2D eigenvalue weighted by molar-refractivity contribution is 0.0989. The van der Waals surface area contributed by atoms with Gasteiger partial charge in [0.1, 0.15) is 22.1 Å². The minimum Gasteiger partial charge on any atom is -0.457 e. The van der Waals surface area contributed by atoms with E-state index in [1.165, 1.54) is 10.5 Å². The van der Waals surface area contributed by atoms with Gasteiger partial charge in [-0.25, -0.2) is 9.38 Å². The molecule has 5 rings (SSSR count). The van der Waals surface area contributed by atoms with E-state index < -0.39 is 17.4 Å². The topological polar surface area (TPSA) is 102 Å². The van der Waals surface area contributed by atoms with Gasteiger partial charge in [0.2, 0.25) is 0 Å². The van der Waals surface area contributed by atoms with Gasteiger partial charge < -0.3 is 15.4 Å². The Bertz CT molecular complexity index is 1690. The zero-order chi connectivity index (χ0) is 27.4. The predicted molar refractivity (Wildman–Crippen MR) is 153 cm³/mol. The second-order valence-electron chi connectivity index (χ2n) is 8.95. The number of nitrogens with one attached hydrogen (secondary N) is 2. The number of ether oxygens (including phenoxy) is 1. The largest absolute Gasteiger partial charge is 0.457 e. The lowest BCUT2D eigenvalue weighted by Gasteiger charge is -2.09. The molecule has 0 fully saturated rings. The van der Waals surface area contributed by atoms with Crippen LogP contribution in [0.3, 0.4) is 0 Å². The molecule has 0 spiro atoms. The van der Waals surface area contributed by atoms with Gasteiger partial charge in [0, 0.05) is 23.1 Å². The molecule has 39 heavy (non-hydrogen) atoms. The lowest BCUT2D eigenvalue weighted by atomic mass is 10.2. The van der Waals surface area contributed by atoms with Crippen LogP contribution < -0.4 is 20.9 Å². The van der Waals surface area contributed by atoms with Crippen LogP contribution in [0.25, 0.3) is 4.96 Å². The number of hydrogen-bond acceptors (Lipinski definition) is 6. The number of aryl methyl sites for hydroxylation is 2. The summed E-state index contributed by atoms with van der Waals surface area (Å²) < 4.78 is 7.02. The van der Waals surface area contributed by atoms with Crippen molar-refractivity contribution in [2.45, 2.75) is 26.7 Å². The van der Waals surface area contributed by atoms with E-state index in [0.717, 1.165) is 23.3 Å². The number of carbonyl (C=O) groups is 2. The standard InChI is InChI=1S/C30H26N4O4S/c1-3-7-22-18-25(35)34-26(28(36)31-20-12-10-19(2)11-13-20)27(39-30(34)33-22)29(37)32-21-14-16-24(17-15-21)38-23-8-5-4-6-9-23/h4-6,8-18H,3,7H2,1-2H3,(H,31,36)(H,32,37). The maximum absolute atomic E-state index is 13.4. The average molecular weight is 539 g/mol. The maximum Gasteiger partial charge on any atom is 0.274 e. The molecular weight excluding hydrogens is 512 g/mol. The lowest BCUT2D eigenvalue weighted by Crippen LogP contribution is -2.25. The summed E-state index contributed by atoms with van der Waals surface area (Å²) in [5.74, 6) is 0.212. The van der Waals surface area contributed by atoms with Crippen LogP contribution in [0.1, 0.15) is 44.8 Å². The molecular formula is C30H26N4O4S. The van der Waals surface area contributed by atoms with Crippen molar-refractivity contribution in [2.24, 2.45) is 0 Å². The van der Waals surface area contributed by atoms with Crippen molar-refractivity contribution in [1.82, 2.24) is 9.38 Å². The molecule has 2 heterocycles. The first kappa shape index (κ1) is 25.9. The zero-order valence-corrected chi connectivity index (χ0v) is 22.2. The Morgan fingerprint density at radius 1 is 0.872 bits per heavy atom. The van der Waals surface area contributed by atoms with Crippen LogP contribution in [0.2, 0.25) is 0 Å². The Balaban J connectivity index is 1.46. The van der Waals surface area contributed by atoms with Crippen LogP contribution in [0.5, 0.6) is 11.5 Å². The van der Waals surface area contributed by atoms with Gasteiger partial charge >= 0.3 is 0 Å². The number of benzene rings is 3. The second kappa shape index (κ2) is 11.3. The van der Waals surface area contributed by atoms with Gasteiger partial charge in [0.15, 0.2) is 4.96 Å². The number of thiazole rings is 1. The Morgan fingerprint density at radius 3 is 2.15 bits per heavy atom. The van der Waals surface area contributed by atoms with Crippen LogP contribution in [0, 0.1) is 6.92 Å². The van der Waals surface area contributed by atoms with Crippen molar-refractivity contribution in [3.8, 4) is 11.5 Å². The molecule has 0 aliphatic heterocycles. The van der Waals surface area contributed by atoms with Gasteiger partial charge in [-0.3, -0.25) is 14.4 Å². The summed E-state index contributed by atoms with van der Waals surface area (Å²) in [6.45, 7) is 3.94. The summed E-state index contributed by atoms with van der Waals surface area (Å²) in [7, 11) is 0. The molecule has 5 aromatic rings. The molecule has 2 aromatic heterocycles. The Morgan fingerprint density at radius 2 is 1.49 bits per heavy atom. The van der Waals surface area contributed by atoms with Gasteiger partial charge in [-0.05, 0) is 61.9 Å². The number of amides is 2. The maximum atomic E-state index is 13.4. The summed E-state index contributed by atoms with van der Waals surface area (Å²) in [6.07, 6.45) is 1.43. The molecule has 0 bridgehead atoms. The fourth-order valence-electron chi connectivity index (χ4n) is 4.01. The molecule has 3 aromatic carbocycles. The van der Waals surface area contributed by atoms with Crippen molar-refractivity contribution in [3.63, 3.8) is 0 Å². The molecule has 2 amide bonds. The summed E-state index contributed by atoms with van der Waals surface area (Å²) >= 11 is 1.01.